The van der Waals surface area contributed by atoms with Crippen LogP contribution in [0.25, 0.3) is 0 Å². The molecule has 0 aromatic carbocycles. The Labute approximate surface area is 81.0 Å². The van der Waals surface area contributed by atoms with Crippen LogP contribution in [0.3, 0.4) is 0 Å². The summed E-state index contributed by atoms with van der Waals surface area (Å²) < 4.78 is 9.37. The van der Waals surface area contributed by atoms with E-state index in [1.54, 1.807) is 0 Å². The lowest BCUT2D eigenvalue weighted by Crippen LogP contribution is -2.03. The van der Waals surface area contributed by atoms with Gasteiger partial charge in [-0.2, -0.15) is 0 Å². The summed E-state index contributed by atoms with van der Waals surface area (Å²) in [7, 11) is 2.71. The van der Waals surface area contributed by atoms with Gasteiger partial charge in [0.25, 0.3) is 0 Å². The number of aromatic nitrogens is 1. The smallest absolute Gasteiger partial charge is 0.339 e. The van der Waals surface area contributed by atoms with Gasteiger partial charge in [-0.15, -0.1) is 0 Å². The molecule has 0 spiro atoms. The van der Waals surface area contributed by atoms with Crippen molar-refractivity contribution in [3.8, 4) is 0 Å². The molecule has 0 radical (unpaired) electrons. The van der Waals surface area contributed by atoms with E-state index >= 15 is 0 Å². The van der Waals surface area contributed by atoms with Crippen LogP contribution >= 0.6 is 0 Å². The third-order valence-corrected chi connectivity index (χ3v) is 1.81. The molecule has 0 aliphatic carbocycles. The van der Waals surface area contributed by atoms with Gasteiger partial charge in [-0.1, -0.05) is 0 Å². The number of aldehydes is 1. The highest BCUT2D eigenvalue weighted by Crippen LogP contribution is 2.14. The zero-order chi connectivity index (χ0) is 10.6. The maximum absolute atomic E-state index is 11.1. The van der Waals surface area contributed by atoms with E-state index in [0.717, 1.165) is 0 Å². The van der Waals surface area contributed by atoms with E-state index in [1.807, 2.05) is 0 Å². The molecule has 0 fully saturated rings. The Morgan fingerprint density at radius 3 is 2.79 bits per heavy atom. The van der Waals surface area contributed by atoms with Gasteiger partial charge in [-0.05, 0) is 6.07 Å². The van der Waals surface area contributed by atoms with Crippen molar-refractivity contribution < 1.29 is 19.1 Å². The summed E-state index contributed by atoms with van der Waals surface area (Å²) in [5.41, 5.74) is 0.898. The molecule has 1 atom stereocenters. The molecule has 0 aliphatic heterocycles. The van der Waals surface area contributed by atoms with E-state index in [-0.39, 0.29) is 0 Å². The number of rotatable bonds is 4. The number of aromatic amines is 1. The lowest BCUT2D eigenvalue weighted by Gasteiger charge is -2.03. The van der Waals surface area contributed by atoms with Crippen LogP contribution in [-0.2, 0) is 14.3 Å². The largest absolute Gasteiger partial charge is 0.465 e. The number of ether oxygens (including phenoxy) is 2. The summed E-state index contributed by atoms with van der Waals surface area (Å²) in [6.07, 6.45) is 1.44. The summed E-state index contributed by atoms with van der Waals surface area (Å²) in [4.78, 5) is 24.3. The Kier molecular flexibility index (Phi) is 3.41. The minimum absolute atomic E-state index is 0.367. The highest BCUT2D eigenvalue weighted by Gasteiger charge is 2.14. The van der Waals surface area contributed by atoms with Gasteiger partial charge < -0.3 is 19.3 Å². The minimum Gasteiger partial charge on any atom is -0.465 e. The summed E-state index contributed by atoms with van der Waals surface area (Å²) in [5.74, 6) is -0.451. The predicted molar refractivity (Wildman–Crippen MR) is 47.9 cm³/mol. The number of methoxy groups -OCH3 is 2. The Bertz CT molecular complexity index is 331. The maximum atomic E-state index is 11.1. The van der Waals surface area contributed by atoms with Crippen LogP contribution in [-0.4, -0.2) is 31.5 Å². The molecule has 1 N–H and O–H groups in total. The Balaban J connectivity index is 2.86. The topological polar surface area (TPSA) is 68.4 Å². The van der Waals surface area contributed by atoms with Gasteiger partial charge in [-0.25, -0.2) is 4.79 Å². The first kappa shape index (κ1) is 10.5. The maximum Gasteiger partial charge on any atom is 0.339 e. The molecule has 5 nitrogen and oxygen atoms in total. The summed E-state index contributed by atoms with van der Waals surface area (Å²) >= 11 is 0. The van der Waals surface area contributed by atoms with Crippen LogP contribution < -0.4 is 0 Å². The molecule has 1 rings (SSSR count). The molecule has 0 bridgehead atoms. The van der Waals surface area contributed by atoms with Crippen molar-refractivity contribution in [2.24, 2.45) is 0 Å². The molecule has 0 aliphatic rings. The van der Waals surface area contributed by atoms with Crippen molar-refractivity contribution in [2.45, 2.75) is 6.10 Å². The third-order valence-electron chi connectivity index (χ3n) is 1.81. The Morgan fingerprint density at radius 1 is 1.57 bits per heavy atom. The minimum atomic E-state index is -0.673. The third kappa shape index (κ3) is 2.00. The van der Waals surface area contributed by atoms with Gasteiger partial charge >= 0.3 is 5.97 Å². The van der Waals surface area contributed by atoms with Crippen molar-refractivity contribution in [2.75, 3.05) is 14.2 Å². The van der Waals surface area contributed by atoms with E-state index in [0.29, 0.717) is 17.5 Å². The first-order valence-electron chi connectivity index (χ1n) is 3.97. The first-order valence-corrected chi connectivity index (χ1v) is 3.97. The van der Waals surface area contributed by atoms with Crippen LogP contribution in [0.4, 0.5) is 0 Å². The second-order valence-electron chi connectivity index (χ2n) is 2.63. The van der Waals surface area contributed by atoms with Crippen LogP contribution in [0.1, 0.15) is 22.2 Å². The second kappa shape index (κ2) is 4.57. The average molecular weight is 197 g/mol. The standard InChI is InChI=1S/C9H11NO4/c1-13-8(5-11)7-3-6(4-10-7)9(12)14-2/h3-5,8,10H,1-2H3. The van der Waals surface area contributed by atoms with Gasteiger partial charge in [0, 0.05) is 13.3 Å². The molecule has 1 aromatic rings. The Morgan fingerprint density at radius 2 is 2.29 bits per heavy atom. The van der Waals surface area contributed by atoms with Crippen molar-refractivity contribution in [1.82, 2.24) is 4.98 Å². The fourth-order valence-corrected chi connectivity index (χ4v) is 1.07. The summed E-state index contributed by atoms with van der Waals surface area (Å²) in [6, 6.07) is 1.52. The molecule has 76 valence electrons. The van der Waals surface area contributed by atoms with E-state index in [2.05, 4.69) is 9.72 Å². The number of hydrogen-bond acceptors (Lipinski definition) is 4. The monoisotopic (exact) mass is 197 g/mol. The number of nitrogens with one attached hydrogen (secondary N) is 1. The molecule has 0 saturated carbocycles. The van der Waals surface area contributed by atoms with Crippen molar-refractivity contribution in [3.63, 3.8) is 0 Å². The number of hydrogen-bond donors (Lipinski definition) is 1. The van der Waals surface area contributed by atoms with Crippen LogP contribution in [0.5, 0.6) is 0 Å². The predicted octanol–water partition coefficient (Wildman–Crippen LogP) is 0.688. The lowest BCUT2D eigenvalue weighted by molar-refractivity contribution is -0.116. The molecule has 1 aromatic heterocycles. The zero-order valence-corrected chi connectivity index (χ0v) is 7.94. The molecular weight excluding hydrogens is 186 g/mol. The molecule has 0 saturated heterocycles. The second-order valence-corrected chi connectivity index (χ2v) is 2.63. The molecule has 5 heteroatoms. The number of H-pyrrole nitrogens is 1. The van der Waals surface area contributed by atoms with E-state index < -0.39 is 12.1 Å². The molecule has 0 amide bonds. The SMILES string of the molecule is COC(=O)c1c[nH]c(C(C=O)OC)c1. The molecular formula is C9H11NO4. The fourth-order valence-electron chi connectivity index (χ4n) is 1.07. The molecule has 14 heavy (non-hydrogen) atoms. The average Bonchev–Trinajstić information content (AvgIpc) is 2.68. The van der Waals surface area contributed by atoms with Crippen molar-refractivity contribution >= 4 is 12.3 Å². The van der Waals surface area contributed by atoms with E-state index in [4.69, 9.17) is 4.74 Å². The van der Waals surface area contributed by atoms with Crippen molar-refractivity contribution in [1.29, 1.82) is 0 Å². The fraction of sp³-hybridized carbons (Fsp3) is 0.333. The lowest BCUT2D eigenvalue weighted by atomic mass is 10.2. The first-order chi connectivity index (χ1) is 6.72. The van der Waals surface area contributed by atoms with Gasteiger partial charge in [0.15, 0.2) is 12.4 Å². The van der Waals surface area contributed by atoms with Crippen LogP contribution in [0.2, 0.25) is 0 Å². The number of carbonyl (C=O) groups excluding carboxylic acids is 2. The van der Waals surface area contributed by atoms with E-state index in [1.165, 1.54) is 26.5 Å². The number of esters is 1. The van der Waals surface area contributed by atoms with Crippen molar-refractivity contribution in [3.05, 3.63) is 23.5 Å². The highest BCUT2D eigenvalue weighted by molar-refractivity contribution is 5.89. The van der Waals surface area contributed by atoms with Gasteiger partial charge in [0.05, 0.1) is 18.4 Å². The van der Waals surface area contributed by atoms with Gasteiger partial charge in [0.2, 0.25) is 0 Å². The van der Waals surface area contributed by atoms with Crippen LogP contribution in [0.15, 0.2) is 12.3 Å². The molecule has 1 unspecified atom stereocenters. The highest BCUT2D eigenvalue weighted by atomic mass is 16.5. The quantitative estimate of drug-likeness (QED) is 0.569. The van der Waals surface area contributed by atoms with Crippen LogP contribution in [0, 0.1) is 0 Å². The van der Waals surface area contributed by atoms with Gasteiger partial charge in [-0.3, -0.25) is 0 Å². The summed E-state index contributed by atoms with van der Waals surface area (Å²) in [5, 5.41) is 0. The summed E-state index contributed by atoms with van der Waals surface area (Å²) in [6.45, 7) is 0. The Hall–Kier alpha value is -1.62. The normalized spacial score (nSPS) is 12.1. The zero-order valence-electron chi connectivity index (χ0n) is 7.94. The van der Waals surface area contributed by atoms with E-state index in [9.17, 15) is 9.59 Å². The number of carbonyl (C=O) groups is 2. The molecule has 1 heterocycles. The van der Waals surface area contributed by atoms with Gasteiger partial charge in [0.1, 0.15) is 0 Å².